The average molecular weight is 155 g/mol. The Morgan fingerprint density at radius 3 is 2.09 bits per heavy atom. The fourth-order valence-electron chi connectivity index (χ4n) is 0.951. The van der Waals surface area contributed by atoms with E-state index >= 15 is 0 Å². The van der Waals surface area contributed by atoms with Crippen LogP contribution in [0.4, 0.5) is 0 Å². The van der Waals surface area contributed by atoms with Gasteiger partial charge in [0.25, 0.3) is 0 Å². The highest BCUT2D eigenvalue weighted by atomic mass is 14.9. The van der Waals surface area contributed by atoms with E-state index in [0.717, 1.165) is 6.42 Å². The lowest BCUT2D eigenvalue weighted by molar-refractivity contribution is 0.664. The third-order valence-electron chi connectivity index (χ3n) is 1.75. The molecule has 11 heavy (non-hydrogen) atoms. The van der Waals surface area contributed by atoms with Gasteiger partial charge in [0.2, 0.25) is 0 Å². The summed E-state index contributed by atoms with van der Waals surface area (Å²) in [5, 5.41) is 3.32. The van der Waals surface area contributed by atoms with E-state index in [0.29, 0.717) is 12.0 Å². The van der Waals surface area contributed by atoms with Crippen molar-refractivity contribution in [1.29, 1.82) is 0 Å². The van der Waals surface area contributed by atoms with Gasteiger partial charge in [-0.05, 0) is 32.4 Å². The third-order valence-corrected chi connectivity index (χ3v) is 1.75. The molecular weight excluding hydrogens is 134 g/mol. The lowest BCUT2D eigenvalue weighted by Crippen LogP contribution is -2.17. The monoisotopic (exact) mass is 155 g/mol. The molecule has 0 aromatic rings. The molecule has 0 saturated carbocycles. The maximum atomic E-state index is 3.32. The first-order valence-electron chi connectivity index (χ1n) is 4.52. The second kappa shape index (κ2) is 5.22. The summed E-state index contributed by atoms with van der Waals surface area (Å²) < 4.78 is 0. The molecule has 0 spiro atoms. The minimum atomic E-state index is 0.551. The fraction of sp³-hybridized carbons (Fsp3) is 0.800. The van der Waals surface area contributed by atoms with Gasteiger partial charge in [-0.25, -0.2) is 0 Å². The number of allylic oxidation sites excluding steroid dienone is 1. The van der Waals surface area contributed by atoms with Crippen molar-refractivity contribution < 1.29 is 0 Å². The highest BCUT2D eigenvalue weighted by Gasteiger charge is 1.99. The second-order valence-corrected chi connectivity index (χ2v) is 3.55. The largest absolute Gasteiger partial charge is 0.389 e. The summed E-state index contributed by atoms with van der Waals surface area (Å²) in [4.78, 5) is 0. The molecule has 0 aromatic heterocycles. The third kappa shape index (κ3) is 4.88. The van der Waals surface area contributed by atoms with Crippen molar-refractivity contribution in [2.75, 3.05) is 0 Å². The molecule has 0 bridgehead atoms. The minimum Gasteiger partial charge on any atom is -0.389 e. The van der Waals surface area contributed by atoms with Crippen LogP contribution in [-0.4, -0.2) is 6.04 Å². The minimum absolute atomic E-state index is 0.551. The summed E-state index contributed by atoms with van der Waals surface area (Å²) >= 11 is 0. The summed E-state index contributed by atoms with van der Waals surface area (Å²) in [6.07, 6.45) is 3.31. The number of rotatable bonds is 4. The number of hydrogen-bond acceptors (Lipinski definition) is 1. The van der Waals surface area contributed by atoms with Crippen molar-refractivity contribution in [3.63, 3.8) is 0 Å². The molecule has 1 N–H and O–H groups in total. The molecule has 0 amide bonds. The highest BCUT2D eigenvalue weighted by Crippen LogP contribution is 2.11. The second-order valence-electron chi connectivity index (χ2n) is 3.55. The first kappa shape index (κ1) is 10.5. The van der Waals surface area contributed by atoms with Gasteiger partial charge in [0.1, 0.15) is 0 Å². The van der Waals surface area contributed by atoms with E-state index < -0.39 is 0 Å². The molecule has 0 radical (unpaired) electrons. The van der Waals surface area contributed by atoms with Crippen molar-refractivity contribution in [1.82, 2.24) is 5.32 Å². The standard InChI is InChI=1S/C10H21N/c1-6-10(8(2)3)7-11-9(4)5/h7-9,11H,6H2,1-5H3/b10-7-. The van der Waals surface area contributed by atoms with Gasteiger partial charge in [-0.1, -0.05) is 26.3 Å². The Hall–Kier alpha value is -0.460. The number of nitrogens with one attached hydrogen (secondary N) is 1. The Morgan fingerprint density at radius 1 is 1.27 bits per heavy atom. The van der Waals surface area contributed by atoms with Gasteiger partial charge >= 0.3 is 0 Å². The first-order chi connectivity index (χ1) is 5.07. The SMILES string of the molecule is CC/C(=C/NC(C)C)C(C)C. The quantitative estimate of drug-likeness (QED) is 0.658. The maximum Gasteiger partial charge on any atom is 0.0199 e. The first-order valence-corrected chi connectivity index (χ1v) is 4.52. The van der Waals surface area contributed by atoms with E-state index in [2.05, 4.69) is 46.1 Å². The van der Waals surface area contributed by atoms with Crippen molar-refractivity contribution in [2.24, 2.45) is 5.92 Å². The van der Waals surface area contributed by atoms with E-state index in [-0.39, 0.29) is 0 Å². The molecule has 0 aromatic carbocycles. The van der Waals surface area contributed by atoms with Gasteiger partial charge in [-0.2, -0.15) is 0 Å². The van der Waals surface area contributed by atoms with Crippen LogP contribution >= 0.6 is 0 Å². The Balaban J connectivity index is 3.91. The molecule has 1 nitrogen and oxygen atoms in total. The highest BCUT2D eigenvalue weighted by molar-refractivity contribution is 5.02. The van der Waals surface area contributed by atoms with Crippen molar-refractivity contribution in [3.05, 3.63) is 11.8 Å². The smallest absolute Gasteiger partial charge is 0.0199 e. The van der Waals surface area contributed by atoms with E-state index in [1.54, 1.807) is 0 Å². The van der Waals surface area contributed by atoms with E-state index in [4.69, 9.17) is 0 Å². The van der Waals surface area contributed by atoms with Gasteiger partial charge in [-0.3, -0.25) is 0 Å². The Kier molecular flexibility index (Phi) is 5.01. The zero-order chi connectivity index (χ0) is 8.85. The predicted octanol–water partition coefficient (Wildman–Crippen LogP) is 2.93. The van der Waals surface area contributed by atoms with Gasteiger partial charge in [0, 0.05) is 6.04 Å². The van der Waals surface area contributed by atoms with Gasteiger partial charge in [0.05, 0.1) is 0 Å². The summed E-state index contributed by atoms with van der Waals surface area (Å²) in [5.41, 5.74) is 1.50. The fourth-order valence-corrected chi connectivity index (χ4v) is 0.951. The van der Waals surface area contributed by atoms with Crippen LogP contribution in [0.15, 0.2) is 11.8 Å². The topological polar surface area (TPSA) is 12.0 Å². The number of hydrogen-bond donors (Lipinski definition) is 1. The van der Waals surface area contributed by atoms with Crippen molar-refractivity contribution in [3.8, 4) is 0 Å². The van der Waals surface area contributed by atoms with Crippen LogP contribution in [0.3, 0.4) is 0 Å². The van der Waals surface area contributed by atoms with Gasteiger partial charge < -0.3 is 5.32 Å². The lowest BCUT2D eigenvalue weighted by Gasteiger charge is -2.11. The zero-order valence-corrected chi connectivity index (χ0v) is 8.44. The van der Waals surface area contributed by atoms with E-state index in [1.165, 1.54) is 5.57 Å². The van der Waals surface area contributed by atoms with Crippen LogP contribution in [0.2, 0.25) is 0 Å². The van der Waals surface area contributed by atoms with Crippen LogP contribution in [0.1, 0.15) is 41.0 Å². The van der Waals surface area contributed by atoms with E-state index in [1.807, 2.05) is 0 Å². The predicted molar refractivity (Wildman–Crippen MR) is 51.5 cm³/mol. The summed E-state index contributed by atoms with van der Waals surface area (Å²) in [5.74, 6) is 0.672. The van der Waals surface area contributed by atoms with Crippen molar-refractivity contribution >= 4 is 0 Å². The molecule has 66 valence electrons. The zero-order valence-electron chi connectivity index (χ0n) is 8.44. The summed E-state index contributed by atoms with van der Waals surface area (Å²) in [6, 6.07) is 0.551. The average Bonchev–Trinajstić information content (AvgIpc) is 1.87. The lowest BCUT2D eigenvalue weighted by atomic mass is 10.0. The molecule has 0 unspecified atom stereocenters. The Labute approximate surface area is 70.9 Å². The molecular formula is C10H21N. The van der Waals surface area contributed by atoms with Crippen LogP contribution < -0.4 is 5.32 Å². The van der Waals surface area contributed by atoms with E-state index in [9.17, 15) is 0 Å². The van der Waals surface area contributed by atoms with Gasteiger partial charge in [0.15, 0.2) is 0 Å². The molecule has 0 atom stereocenters. The van der Waals surface area contributed by atoms with Crippen LogP contribution in [0.25, 0.3) is 0 Å². The molecule has 0 rings (SSSR count). The Morgan fingerprint density at radius 2 is 1.82 bits per heavy atom. The van der Waals surface area contributed by atoms with Crippen LogP contribution in [0.5, 0.6) is 0 Å². The maximum absolute atomic E-state index is 3.32. The van der Waals surface area contributed by atoms with Gasteiger partial charge in [-0.15, -0.1) is 0 Å². The molecule has 0 aliphatic rings. The summed E-state index contributed by atoms with van der Waals surface area (Å²) in [6.45, 7) is 11.0. The van der Waals surface area contributed by atoms with Crippen LogP contribution in [-0.2, 0) is 0 Å². The molecule has 0 aliphatic heterocycles. The summed E-state index contributed by atoms with van der Waals surface area (Å²) in [7, 11) is 0. The molecule has 0 fully saturated rings. The van der Waals surface area contributed by atoms with Crippen molar-refractivity contribution in [2.45, 2.75) is 47.1 Å². The normalized spacial score (nSPS) is 12.8. The Bertz CT molecular complexity index is 123. The molecule has 0 aliphatic carbocycles. The molecule has 1 heteroatoms. The molecule has 0 heterocycles. The van der Waals surface area contributed by atoms with Crippen LogP contribution in [0, 0.1) is 5.92 Å². The molecule has 0 saturated heterocycles.